The fourth-order valence-corrected chi connectivity index (χ4v) is 7.57. The predicted octanol–water partition coefficient (Wildman–Crippen LogP) is 3.69. The highest BCUT2D eigenvalue weighted by molar-refractivity contribution is 6.06. The van der Waals surface area contributed by atoms with Crippen LogP contribution < -0.4 is 35.6 Å². The van der Waals surface area contributed by atoms with Crippen molar-refractivity contribution in [1.29, 1.82) is 0 Å². The number of aromatic nitrogens is 3. The minimum absolute atomic E-state index is 0.0577. The fraction of sp³-hybridized carbons (Fsp3) is 0.500. The summed E-state index contributed by atoms with van der Waals surface area (Å²) in [4.78, 5) is 85.2. The van der Waals surface area contributed by atoms with E-state index >= 15 is 0 Å². The quantitative estimate of drug-likeness (QED) is 0.106. The van der Waals surface area contributed by atoms with Gasteiger partial charge in [0.1, 0.15) is 12.3 Å². The number of hydrogen-bond acceptors (Lipinski definition) is 12. The first-order valence-electron chi connectivity index (χ1n) is 20.7. The number of fused-ring (bicyclic) bond motifs is 2. The zero-order chi connectivity index (χ0) is 44.3. The van der Waals surface area contributed by atoms with Gasteiger partial charge in [-0.3, -0.25) is 24.0 Å². The van der Waals surface area contributed by atoms with Gasteiger partial charge >= 0.3 is 6.09 Å². The second kappa shape index (κ2) is 20.9. The van der Waals surface area contributed by atoms with Gasteiger partial charge in [0.2, 0.25) is 17.6 Å². The first-order valence-corrected chi connectivity index (χ1v) is 20.7. The van der Waals surface area contributed by atoms with Crippen molar-refractivity contribution in [3.05, 3.63) is 60.3 Å². The van der Waals surface area contributed by atoms with E-state index in [1.54, 1.807) is 41.9 Å². The largest absolute Gasteiger partial charge is 0.493 e. The second-order valence-electron chi connectivity index (χ2n) is 15.1. The smallest absolute Gasteiger partial charge is 0.416 e. The van der Waals surface area contributed by atoms with E-state index in [4.69, 9.17) is 23.7 Å². The number of benzene rings is 1. The number of nitrogens with zero attached hydrogens (tertiary/aromatic N) is 5. The van der Waals surface area contributed by atoms with Crippen molar-refractivity contribution >= 4 is 52.8 Å². The summed E-state index contributed by atoms with van der Waals surface area (Å²) in [5.74, 6) is -0.935. The number of ether oxygens (including phenoxy) is 5. The maximum atomic E-state index is 14.1. The number of carbonyl (C=O) groups excluding carboxylic acids is 6. The molecular weight excluding hydrogens is 807 g/mol. The average molecular weight is 862 g/mol. The highest BCUT2D eigenvalue weighted by atomic mass is 16.7. The number of nitrogens with one attached hydrogen (secondary N) is 4. The van der Waals surface area contributed by atoms with Crippen LogP contribution in [0.4, 0.5) is 22.0 Å². The third-order valence-corrected chi connectivity index (χ3v) is 10.5. The van der Waals surface area contributed by atoms with E-state index in [9.17, 15) is 28.8 Å². The minimum atomic E-state index is -0.905. The maximum absolute atomic E-state index is 14.1. The van der Waals surface area contributed by atoms with Crippen molar-refractivity contribution in [3.8, 4) is 11.5 Å². The lowest BCUT2D eigenvalue weighted by Gasteiger charge is -2.38. The Labute approximate surface area is 359 Å². The summed E-state index contributed by atoms with van der Waals surface area (Å²) < 4.78 is 32.8. The number of carbonyl (C=O) groups is 6. The molecule has 20 heteroatoms. The van der Waals surface area contributed by atoms with Crippen LogP contribution in [0.15, 0.2) is 43.2 Å². The van der Waals surface area contributed by atoms with Crippen LogP contribution in [0.2, 0.25) is 0 Å². The molecule has 6 amide bonds. The third kappa shape index (κ3) is 10.9. The molecule has 0 aliphatic carbocycles. The van der Waals surface area contributed by atoms with Crippen LogP contribution in [0, 0.1) is 0 Å². The van der Waals surface area contributed by atoms with Crippen LogP contribution >= 0.6 is 0 Å². The number of hydrogen-bond donors (Lipinski definition) is 4. The molecule has 3 aliphatic heterocycles. The van der Waals surface area contributed by atoms with Gasteiger partial charge in [0.05, 0.1) is 36.7 Å². The monoisotopic (exact) mass is 861 g/mol. The van der Waals surface area contributed by atoms with E-state index in [2.05, 4.69) is 32.8 Å². The van der Waals surface area contributed by atoms with Crippen molar-refractivity contribution in [2.75, 3.05) is 62.1 Å². The Morgan fingerprint density at radius 3 is 2.50 bits per heavy atom. The molecule has 334 valence electrons. The SMILES string of the molecule is C=CCOC(=O)N1c2cc(OCCCC(=O)Nc3cc(C(=O)Nc4cn(C)c(C(=O)NCCCNC(C)=O)n4)n(C)c3)c(OC)cc2C(=O)N2CCC[C@H]2[C@@H]1OC1CCCCO1. The van der Waals surface area contributed by atoms with Gasteiger partial charge < -0.3 is 59.0 Å². The van der Waals surface area contributed by atoms with E-state index < -0.39 is 36.5 Å². The Morgan fingerprint density at radius 1 is 0.952 bits per heavy atom. The third-order valence-electron chi connectivity index (χ3n) is 10.5. The molecule has 62 heavy (non-hydrogen) atoms. The molecule has 0 bridgehead atoms. The van der Waals surface area contributed by atoms with Gasteiger partial charge in [0.25, 0.3) is 17.7 Å². The molecule has 5 heterocycles. The predicted molar refractivity (Wildman–Crippen MR) is 225 cm³/mol. The standard InChI is InChI=1S/C42H55N9O11/c1-6-18-61-42(57)51-30-23-33(32(58-5)22-28(30)40(56)50-17-9-12-29(50)41(51)62-36-14-7-8-19-60-36)59-20-10-13-35(53)45-27-21-31(48(3)24-27)38(54)47-34-25-49(4)37(46-34)39(55)44-16-11-15-43-26(2)52/h6,21-25,29,36,41H,1,7-20H2,2-5H3,(H,43,52)(H,44,55)(H,45,53)(H,47,54)/t29-,36?,41-/m0/s1. The molecule has 2 fully saturated rings. The van der Waals surface area contributed by atoms with Crippen LogP contribution in [0.25, 0.3) is 0 Å². The molecule has 3 atom stereocenters. The number of anilines is 3. The van der Waals surface area contributed by atoms with Gasteiger partial charge in [0.15, 0.2) is 29.8 Å². The molecule has 0 radical (unpaired) electrons. The highest BCUT2D eigenvalue weighted by Crippen LogP contribution is 2.42. The van der Waals surface area contributed by atoms with Gasteiger partial charge in [-0.15, -0.1) is 0 Å². The molecule has 3 aromatic rings. The molecule has 4 N–H and O–H groups in total. The normalized spacial score (nSPS) is 18.2. The van der Waals surface area contributed by atoms with Crippen molar-refractivity contribution in [3.63, 3.8) is 0 Å². The van der Waals surface area contributed by atoms with Gasteiger partial charge in [-0.1, -0.05) is 12.7 Å². The second-order valence-corrected chi connectivity index (χ2v) is 15.1. The van der Waals surface area contributed by atoms with Gasteiger partial charge in [-0.05, 0) is 57.1 Å². The highest BCUT2D eigenvalue weighted by Gasteiger charge is 2.48. The average Bonchev–Trinajstić information content (AvgIpc) is 3.97. The number of rotatable bonds is 18. The van der Waals surface area contributed by atoms with Gasteiger partial charge in [0, 0.05) is 72.1 Å². The van der Waals surface area contributed by atoms with E-state index in [-0.39, 0.29) is 83.9 Å². The zero-order valence-corrected chi connectivity index (χ0v) is 35.5. The van der Waals surface area contributed by atoms with Gasteiger partial charge in [-0.2, -0.15) is 0 Å². The van der Waals surface area contributed by atoms with Gasteiger partial charge in [-0.25, -0.2) is 14.7 Å². The topological polar surface area (TPSA) is 226 Å². The lowest BCUT2D eigenvalue weighted by Crippen LogP contribution is -2.54. The van der Waals surface area contributed by atoms with Crippen molar-refractivity contribution in [1.82, 2.24) is 29.7 Å². The fourth-order valence-electron chi connectivity index (χ4n) is 7.57. The summed E-state index contributed by atoms with van der Waals surface area (Å²) in [5, 5.41) is 10.9. The number of aryl methyl sites for hydroxylation is 2. The zero-order valence-electron chi connectivity index (χ0n) is 35.5. The summed E-state index contributed by atoms with van der Waals surface area (Å²) in [6.45, 7) is 6.87. The van der Waals surface area contributed by atoms with E-state index in [1.165, 1.54) is 41.8 Å². The molecule has 0 saturated carbocycles. The van der Waals surface area contributed by atoms with Crippen molar-refractivity contribution in [2.24, 2.45) is 14.1 Å². The molecule has 0 spiro atoms. The summed E-state index contributed by atoms with van der Waals surface area (Å²) in [6, 6.07) is 4.19. The number of amides is 6. The Hall–Kier alpha value is -6.41. The van der Waals surface area contributed by atoms with Crippen LogP contribution in [0.5, 0.6) is 11.5 Å². The molecule has 20 nitrogen and oxygen atoms in total. The van der Waals surface area contributed by atoms with Crippen LogP contribution in [-0.4, -0.2) is 120 Å². The molecular formula is C42H55N9O11. The van der Waals surface area contributed by atoms with E-state index in [1.807, 2.05) is 0 Å². The minimum Gasteiger partial charge on any atom is -0.493 e. The Balaban J connectivity index is 1.07. The molecule has 1 aromatic carbocycles. The summed E-state index contributed by atoms with van der Waals surface area (Å²) in [6.07, 6.45) is 7.05. The summed E-state index contributed by atoms with van der Waals surface area (Å²) in [5.41, 5.74) is 1.08. The summed E-state index contributed by atoms with van der Waals surface area (Å²) >= 11 is 0. The van der Waals surface area contributed by atoms with Crippen LogP contribution in [0.1, 0.15) is 89.8 Å². The molecule has 2 aromatic heterocycles. The first kappa shape index (κ1) is 45.1. The molecule has 6 rings (SSSR count). The molecule has 1 unspecified atom stereocenters. The van der Waals surface area contributed by atoms with Crippen LogP contribution in [0.3, 0.4) is 0 Å². The lowest BCUT2D eigenvalue weighted by atomic mass is 10.1. The molecule has 2 saturated heterocycles. The van der Waals surface area contributed by atoms with Crippen molar-refractivity contribution < 1.29 is 52.5 Å². The van der Waals surface area contributed by atoms with Crippen LogP contribution in [-0.2, 0) is 37.9 Å². The maximum Gasteiger partial charge on any atom is 0.416 e. The number of imidazole rings is 1. The Morgan fingerprint density at radius 2 is 1.76 bits per heavy atom. The van der Waals surface area contributed by atoms with E-state index in [0.29, 0.717) is 51.2 Å². The summed E-state index contributed by atoms with van der Waals surface area (Å²) in [7, 11) is 4.73. The molecule has 3 aliphatic rings. The van der Waals surface area contributed by atoms with Crippen molar-refractivity contribution in [2.45, 2.75) is 76.9 Å². The Bertz CT molecular complexity index is 2140. The first-order chi connectivity index (χ1) is 29.9. The number of methoxy groups -OCH3 is 1. The lowest BCUT2D eigenvalue weighted by molar-refractivity contribution is -0.195. The Kier molecular flexibility index (Phi) is 15.2. The van der Waals surface area contributed by atoms with E-state index in [0.717, 1.165) is 19.3 Å².